The number of hydrogen-bond donors (Lipinski definition) is 1. The number of hydrogen-bond acceptors (Lipinski definition) is 5. The Morgan fingerprint density at radius 1 is 1.00 bits per heavy atom. The number of likely N-dealkylation sites (tertiary alicyclic amines) is 1. The van der Waals surface area contributed by atoms with E-state index in [9.17, 15) is 14.7 Å². The van der Waals surface area contributed by atoms with Crippen molar-refractivity contribution in [3.63, 3.8) is 0 Å². The number of thiazole rings is 1. The van der Waals surface area contributed by atoms with Crippen molar-refractivity contribution in [3.05, 3.63) is 15.6 Å². The van der Waals surface area contributed by atoms with Gasteiger partial charge in [-0.05, 0) is 32.1 Å². The minimum atomic E-state index is -0.299. The van der Waals surface area contributed by atoms with Crippen molar-refractivity contribution in [1.29, 1.82) is 0 Å². The third-order valence-corrected chi connectivity index (χ3v) is 6.75. The second kappa shape index (κ2) is 7.03. The summed E-state index contributed by atoms with van der Waals surface area (Å²) in [5.41, 5.74) is 0.995. The summed E-state index contributed by atoms with van der Waals surface area (Å²) in [6.07, 6.45) is 5.79. The highest BCUT2D eigenvalue weighted by Crippen LogP contribution is 2.31. The van der Waals surface area contributed by atoms with Crippen LogP contribution in [0.2, 0.25) is 0 Å². The Morgan fingerprint density at radius 2 is 1.72 bits per heavy atom. The molecular weight excluding hydrogens is 338 g/mol. The van der Waals surface area contributed by atoms with Crippen molar-refractivity contribution >= 4 is 23.2 Å². The third kappa shape index (κ3) is 3.44. The normalized spacial score (nSPS) is 26.6. The van der Waals surface area contributed by atoms with Gasteiger partial charge in [0.25, 0.3) is 5.91 Å². The van der Waals surface area contributed by atoms with Crippen LogP contribution in [0.25, 0.3) is 0 Å². The molecule has 0 bridgehead atoms. The molecule has 7 heteroatoms. The maximum atomic E-state index is 12.6. The van der Waals surface area contributed by atoms with Crippen molar-refractivity contribution < 1.29 is 14.7 Å². The van der Waals surface area contributed by atoms with Crippen LogP contribution in [0.4, 0.5) is 0 Å². The molecule has 1 saturated heterocycles. The number of rotatable bonds is 2. The SMILES string of the molecule is O=C(c1nc2c(s1)CCN(C(=O)C1CC(O)C1)CC2)N1CCCCC1. The largest absolute Gasteiger partial charge is 0.393 e. The van der Waals surface area contributed by atoms with Gasteiger partial charge >= 0.3 is 0 Å². The van der Waals surface area contributed by atoms with Crippen molar-refractivity contribution in [1.82, 2.24) is 14.8 Å². The summed E-state index contributed by atoms with van der Waals surface area (Å²) >= 11 is 1.51. The summed E-state index contributed by atoms with van der Waals surface area (Å²) in [6, 6.07) is 0. The fourth-order valence-corrected chi connectivity index (χ4v) is 5.02. The van der Waals surface area contributed by atoms with Gasteiger partial charge in [0.1, 0.15) is 0 Å². The van der Waals surface area contributed by atoms with E-state index in [0.29, 0.717) is 30.9 Å². The Bertz CT molecular complexity index is 637. The fraction of sp³-hybridized carbons (Fsp3) is 0.722. The number of aliphatic hydroxyl groups excluding tert-OH is 1. The summed E-state index contributed by atoms with van der Waals surface area (Å²) < 4.78 is 0. The molecule has 1 aliphatic carbocycles. The van der Waals surface area contributed by atoms with Gasteiger partial charge in [0.05, 0.1) is 11.8 Å². The van der Waals surface area contributed by atoms with Crippen LogP contribution in [-0.4, -0.2) is 64.0 Å². The number of carbonyl (C=O) groups excluding carboxylic acids is 2. The number of aliphatic hydroxyl groups is 1. The topological polar surface area (TPSA) is 73.7 Å². The summed E-state index contributed by atoms with van der Waals surface area (Å²) in [5, 5.41) is 10.0. The number of nitrogens with zero attached hydrogens (tertiary/aromatic N) is 3. The van der Waals surface area contributed by atoms with Crippen molar-refractivity contribution in [2.75, 3.05) is 26.2 Å². The molecular formula is C18H25N3O3S. The van der Waals surface area contributed by atoms with E-state index in [0.717, 1.165) is 49.3 Å². The number of piperidine rings is 1. The minimum absolute atomic E-state index is 0.00432. The van der Waals surface area contributed by atoms with E-state index >= 15 is 0 Å². The predicted molar refractivity (Wildman–Crippen MR) is 94.6 cm³/mol. The maximum Gasteiger partial charge on any atom is 0.282 e. The summed E-state index contributed by atoms with van der Waals surface area (Å²) in [5.74, 6) is 0.245. The number of carbonyl (C=O) groups is 2. The highest BCUT2D eigenvalue weighted by atomic mass is 32.1. The van der Waals surface area contributed by atoms with Crippen LogP contribution < -0.4 is 0 Å². The highest BCUT2D eigenvalue weighted by molar-refractivity contribution is 7.13. The van der Waals surface area contributed by atoms with Crippen LogP contribution in [-0.2, 0) is 17.6 Å². The molecule has 1 N–H and O–H groups in total. The Morgan fingerprint density at radius 3 is 2.44 bits per heavy atom. The average Bonchev–Trinajstić information content (AvgIpc) is 2.92. The maximum absolute atomic E-state index is 12.6. The van der Waals surface area contributed by atoms with E-state index in [1.54, 1.807) is 0 Å². The zero-order valence-corrected chi connectivity index (χ0v) is 15.3. The molecule has 1 aromatic rings. The molecule has 0 atom stereocenters. The highest BCUT2D eigenvalue weighted by Gasteiger charge is 2.36. The van der Waals surface area contributed by atoms with E-state index in [1.807, 2.05) is 9.80 Å². The van der Waals surface area contributed by atoms with Gasteiger partial charge in [-0.2, -0.15) is 0 Å². The fourth-order valence-electron chi connectivity index (χ4n) is 3.95. The van der Waals surface area contributed by atoms with Crippen molar-refractivity contribution in [2.24, 2.45) is 5.92 Å². The molecule has 1 aromatic heterocycles. The number of aromatic nitrogens is 1. The molecule has 4 rings (SSSR count). The standard InChI is InChI=1S/C18H25N3O3S/c22-13-10-12(11-13)17(23)21-8-4-14-15(5-9-21)25-16(19-14)18(24)20-6-2-1-3-7-20/h12-13,22H,1-11H2. The quantitative estimate of drug-likeness (QED) is 0.863. The van der Waals surface area contributed by atoms with E-state index in [2.05, 4.69) is 4.98 Å². The number of fused-ring (bicyclic) bond motifs is 1. The molecule has 0 aromatic carbocycles. The van der Waals surface area contributed by atoms with Gasteiger partial charge in [0.2, 0.25) is 5.91 Å². The molecule has 136 valence electrons. The van der Waals surface area contributed by atoms with E-state index < -0.39 is 0 Å². The molecule has 1 saturated carbocycles. The van der Waals surface area contributed by atoms with Gasteiger partial charge in [-0.1, -0.05) is 0 Å². The van der Waals surface area contributed by atoms with Crippen LogP contribution >= 0.6 is 11.3 Å². The Hall–Kier alpha value is -1.47. The Balaban J connectivity index is 1.39. The lowest BCUT2D eigenvalue weighted by Crippen LogP contribution is -2.44. The summed E-state index contributed by atoms with van der Waals surface area (Å²) in [7, 11) is 0. The first-order valence-corrected chi connectivity index (χ1v) is 10.2. The lowest BCUT2D eigenvalue weighted by Gasteiger charge is -2.34. The minimum Gasteiger partial charge on any atom is -0.393 e. The third-order valence-electron chi connectivity index (χ3n) is 5.61. The van der Waals surface area contributed by atoms with Crippen LogP contribution in [0, 0.1) is 5.92 Å². The lowest BCUT2D eigenvalue weighted by atomic mass is 9.81. The first-order valence-electron chi connectivity index (χ1n) is 9.36. The zero-order chi connectivity index (χ0) is 17.4. The molecule has 0 spiro atoms. The Labute approximate surface area is 151 Å². The molecule has 2 aliphatic heterocycles. The average molecular weight is 363 g/mol. The monoisotopic (exact) mass is 363 g/mol. The number of amides is 2. The molecule has 2 fully saturated rings. The van der Waals surface area contributed by atoms with Gasteiger partial charge < -0.3 is 14.9 Å². The summed E-state index contributed by atoms with van der Waals surface area (Å²) in [4.78, 5) is 34.7. The predicted octanol–water partition coefficient (Wildman–Crippen LogP) is 1.47. The van der Waals surface area contributed by atoms with Gasteiger partial charge in [-0.25, -0.2) is 4.98 Å². The van der Waals surface area contributed by atoms with Crippen LogP contribution in [0.15, 0.2) is 0 Å². The van der Waals surface area contributed by atoms with E-state index in [1.165, 1.54) is 17.8 Å². The zero-order valence-electron chi connectivity index (χ0n) is 14.4. The van der Waals surface area contributed by atoms with Gasteiger partial charge in [-0.3, -0.25) is 9.59 Å². The first kappa shape index (κ1) is 17.0. The summed E-state index contributed by atoms with van der Waals surface area (Å²) in [6.45, 7) is 3.05. The smallest absolute Gasteiger partial charge is 0.282 e. The van der Waals surface area contributed by atoms with Gasteiger partial charge in [0, 0.05) is 49.8 Å². The van der Waals surface area contributed by atoms with Gasteiger partial charge in [0.15, 0.2) is 5.01 Å². The molecule has 3 heterocycles. The second-order valence-corrected chi connectivity index (χ2v) is 8.47. The first-order chi connectivity index (χ1) is 12.1. The van der Waals surface area contributed by atoms with Crippen molar-refractivity contribution in [2.45, 2.75) is 51.0 Å². The lowest BCUT2D eigenvalue weighted by molar-refractivity contribution is -0.142. The molecule has 0 unspecified atom stereocenters. The molecule has 25 heavy (non-hydrogen) atoms. The second-order valence-electron chi connectivity index (χ2n) is 7.39. The van der Waals surface area contributed by atoms with Crippen LogP contribution in [0.1, 0.15) is 52.5 Å². The van der Waals surface area contributed by atoms with Gasteiger partial charge in [-0.15, -0.1) is 11.3 Å². The van der Waals surface area contributed by atoms with Crippen molar-refractivity contribution in [3.8, 4) is 0 Å². The molecule has 3 aliphatic rings. The molecule has 2 amide bonds. The van der Waals surface area contributed by atoms with E-state index in [-0.39, 0.29) is 23.8 Å². The molecule has 6 nitrogen and oxygen atoms in total. The van der Waals surface area contributed by atoms with Crippen LogP contribution in [0.3, 0.4) is 0 Å². The molecule has 0 radical (unpaired) electrons. The van der Waals surface area contributed by atoms with Crippen LogP contribution in [0.5, 0.6) is 0 Å². The van der Waals surface area contributed by atoms with E-state index in [4.69, 9.17) is 0 Å². The Kier molecular flexibility index (Phi) is 4.78.